The second-order valence-electron chi connectivity index (χ2n) is 8.54. The van der Waals surface area contributed by atoms with Gasteiger partial charge in [-0.05, 0) is 41.8 Å². The summed E-state index contributed by atoms with van der Waals surface area (Å²) in [4.78, 5) is 17.5. The van der Waals surface area contributed by atoms with Crippen molar-refractivity contribution in [3.05, 3.63) is 80.9 Å². The molecule has 2 aromatic heterocycles. The highest BCUT2D eigenvalue weighted by atomic mass is 35.5. The lowest BCUT2D eigenvalue weighted by Crippen LogP contribution is -2.17. The van der Waals surface area contributed by atoms with Gasteiger partial charge in [-0.2, -0.15) is 0 Å². The lowest BCUT2D eigenvalue weighted by Gasteiger charge is -2.19. The Bertz CT molecular complexity index is 1280. The number of nitrogens with one attached hydrogen (secondary N) is 1. The molecule has 32 heavy (non-hydrogen) atoms. The first-order valence-electron chi connectivity index (χ1n) is 10.5. The topological polar surface area (TPSA) is 46.9 Å². The molecule has 0 fully saturated rings. The van der Waals surface area contributed by atoms with Crippen LogP contribution < -0.4 is 5.32 Å². The van der Waals surface area contributed by atoms with Crippen LogP contribution in [0, 0.1) is 0 Å². The molecule has 0 radical (unpaired) electrons. The Morgan fingerprint density at radius 1 is 1.16 bits per heavy atom. The molecule has 2 aromatic carbocycles. The Labute approximate surface area is 202 Å². The van der Waals surface area contributed by atoms with Crippen LogP contribution in [0.1, 0.15) is 44.0 Å². The van der Waals surface area contributed by atoms with Crippen LogP contribution in [-0.4, -0.2) is 15.5 Å². The SMILES string of the molecule is CCC(C)(C)c1csc(NC(=O)Cc2cn(Cc3ccccc3Cl)c3ccc(Cl)cc23)n1. The number of thiazole rings is 1. The fraction of sp³-hybridized carbons (Fsp3) is 0.280. The maximum atomic E-state index is 12.9. The molecule has 4 aromatic rings. The average Bonchev–Trinajstić information content (AvgIpc) is 3.35. The van der Waals surface area contributed by atoms with E-state index in [4.69, 9.17) is 23.2 Å². The smallest absolute Gasteiger partial charge is 0.230 e. The van der Waals surface area contributed by atoms with E-state index in [1.807, 2.05) is 54.0 Å². The molecular formula is C25H25Cl2N3OS. The van der Waals surface area contributed by atoms with Crippen LogP contribution in [0.2, 0.25) is 10.0 Å². The normalized spacial score (nSPS) is 11.8. The Balaban J connectivity index is 1.58. The number of aromatic nitrogens is 2. The standard InChI is InChI=1S/C25H25Cl2N3OS/c1-4-25(2,3)22-15-32-24(28-22)29-23(31)11-17-14-30(13-16-7-5-6-8-20(16)27)21-10-9-18(26)12-19(17)21/h5-10,12,14-15H,4,11,13H2,1-3H3,(H,28,29,31). The van der Waals surface area contributed by atoms with Crippen molar-refractivity contribution in [1.82, 2.24) is 9.55 Å². The maximum absolute atomic E-state index is 12.9. The zero-order valence-electron chi connectivity index (χ0n) is 18.3. The molecular weight excluding hydrogens is 461 g/mol. The van der Waals surface area contributed by atoms with Gasteiger partial charge in [0, 0.05) is 44.5 Å². The van der Waals surface area contributed by atoms with Crippen molar-refractivity contribution in [3.8, 4) is 0 Å². The van der Waals surface area contributed by atoms with E-state index in [0.29, 0.717) is 16.7 Å². The van der Waals surface area contributed by atoms with Crippen LogP contribution in [0.5, 0.6) is 0 Å². The highest BCUT2D eigenvalue weighted by molar-refractivity contribution is 7.13. The van der Waals surface area contributed by atoms with Gasteiger partial charge in [0.05, 0.1) is 12.1 Å². The molecule has 7 heteroatoms. The first kappa shape index (κ1) is 22.8. The van der Waals surface area contributed by atoms with Gasteiger partial charge >= 0.3 is 0 Å². The van der Waals surface area contributed by atoms with E-state index in [0.717, 1.165) is 39.2 Å². The molecule has 0 saturated carbocycles. The summed E-state index contributed by atoms with van der Waals surface area (Å²) in [5.41, 5.74) is 3.94. The number of hydrogen-bond donors (Lipinski definition) is 1. The number of nitrogens with zero attached hydrogens (tertiary/aromatic N) is 2. The van der Waals surface area contributed by atoms with Crippen molar-refractivity contribution in [2.75, 3.05) is 5.32 Å². The van der Waals surface area contributed by atoms with E-state index >= 15 is 0 Å². The minimum atomic E-state index is -0.100. The summed E-state index contributed by atoms with van der Waals surface area (Å²) in [6, 6.07) is 13.5. The minimum absolute atomic E-state index is 0.0115. The molecule has 0 aliphatic carbocycles. The summed E-state index contributed by atoms with van der Waals surface area (Å²) in [5.74, 6) is -0.100. The summed E-state index contributed by atoms with van der Waals surface area (Å²) in [7, 11) is 0. The molecule has 0 saturated heterocycles. The zero-order valence-corrected chi connectivity index (χ0v) is 20.6. The molecule has 2 heterocycles. The van der Waals surface area contributed by atoms with Crippen molar-refractivity contribution in [2.45, 2.75) is 45.6 Å². The van der Waals surface area contributed by atoms with E-state index in [1.54, 1.807) is 0 Å². The summed E-state index contributed by atoms with van der Waals surface area (Å²) >= 11 is 14.1. The van der Waals surface area contributed by atoms with Crippen LogP contribution in [0.3, 0.4) is 0 Å². The van der Waals surface area contributed by atoms with E-state index < -0.39 is 0 Å². The minimum Gasteiger partial charge on any atom is -0.343 e. The molecule has 1 N–H and O–H groups in total. The molecule has 166 valence electrons. The number of fused-ring (bicyclic) bond motifs is 1. The number of benzene rings is 2. The lowest BCUT2D eigenvalue weighted by molar-refractivity contribution is -0.115. The second-order valence-corrected chi connectivity index (χ2v) is 10.2. The van der Waals surface area contributed by atoms with E-state index in [-0.39, 0.29) is 17.7 Å². The van der Waals surface area contributed by atoms with Gasteiger partial charge in [-0.1, -0.05) is 62.2 Å². The lowest BCUT2D eigenvalue weighted by atomic mass is 9.87. The van der Waals surface area contributed by atoms with E-state index in [9.17, 15) is 4.79 Å². The number of carbonyl (C=O) groups is 1. The number of hydrogen-bond acceptors (Lipinski definition) is 3. The monoisotopic (exact) mass is 485 g/mol. The van der Waals surface area contributed by atoms with Crippen molar-refractivity contribution < 1.29 is 4.79 Å². The van der Waals surface area contributed by atoms with Crippen LogP contribution >= 0.6 is 34.5 Å². The van der Waals surface area contributed by atoms with Gasteiger partial charge in [-0.25, -0.2) is 4.98 Å². The van der Waals surface area contributed by atoms with Crippen molar-refractivity contribution >= 4 is 56.5 Å². The quantitative estimate of drug-likeness (QED) is 0.298. The van der Waals surface area contributed by atoms with Gasteiger partial charge in [0.1, 0.15) is 0 Å². The number of rotatable bonds is 7. The first-order chi connectivity index (χ1) is 15.3. The predicted molar refractivity (Wildman–Crippen MR) is 135 cm³/mol. The fourth-order valence-electron chi connectivity index (χ4n) is 3.58. The molecule has 0 unspecified atom stereocenters. The molecule has 1 amide bonds. The Hall–Kier alpha value is -2.34. The van der Waals surface area contributed by atoms with Crippen LogP contribution in [-0.2, 0) is 23.2 Å². The summed E-state index contributed by atoms with van der Waals surface area (Å²) in [6.45, 7) is 7.07. The molecule has 0 atom stereocenters. The zero-order chi connectivity index (χ0) is 22.9. The van der Waals surface area contributed by atoms with Crippen molar-refractivity contribution in [3.63, 3.8) is 0 Å². The van der Waals surface area contributed by atoms with Crippen LogP contribution in [0.15, 0.2) is 54.0 Å². The molecule has 0 bridgehead atoms. The van der Waals surface area contributed by atoms with Crippen molar-refractivity contribution in [2.24, 2.45) is 0 Å². The predicted octanol–water partition coefficient (Wildman–Crippen LogP) is 7.32. The van der Waals surface area contributed by atoms with Gasteiger partial charge in [-0.3, -0.25) is 4.79 Å². The molecule has 4 rings (SSSR count). The number of anilines is 1. The van der Waals surface area contributed by atoms with E-state index in [2.05, 4.69) is 35.6 Å². The number of halogens is 2. The Morgan fingerprint density at radius 2 is 1.94 bits per heavy atom. The Kier molecular flexibility index (Phi) is 6.61. The summed E-state index contributed by atoms with van der Waals surface area (Å²) < 4.78 is 2.11. The van der Waals surface area contributed by atoms with E-state index in [1.165, 1.54) is 11.3 Å². The third-order valence-electron chi connectivity index (χ3n) is 5.90. The van der Waals surface area contributed by atoms with Crippen LogP contribution in [0.4, 0.5) is 5.13 Å². The molecule has 4 nitrogen and oxygen atoms in total. The third kappa shape index (κ3) is 4.85. The second kappa shape index (κ2) is 9.26. The summed E-state index contributed by atoms with van der Waals surface area (Å²) in [6.07, 6.45) is 3.23. The highest BCUT2D eigenvalue weighted by Crippen LogP contribution is 2.30. The maximum Gasteiger partial charge on any atom is 0.230 e. The number of carbonyl (C=O) groups excluding carboxylic acids is 1. The first-order valence-corrected chi connectivity index (χ1v) is 12.2. The van der Waals surface area contributed by atoms with Gasteiger partial charge < -0.3 is 9.88 Å². The molecule has 0 spiro atoms. The molecule has 0 aliphatic rings. The Morgan fingerprint density at radius 3 is 2.69 bits per heavy atom. The van der Waals surface area contributed by atoms with Gasteiger partial charge in [0.2, 0.25) is 5.91 Å². The fourth-order valence-corrected chi connectivity index (χ4v) is 4.87. The average molecular weight is 486 g/mol. The summed E-state index contributed by atoms with van der Waals surface area (Å²) in [5, 5.41) is 7.93. The van der Waals surface area contributed by atoms with Crippen LogP contribution in [0.25, 0.3) is 10.9 Å². The number of amides is 1. The van der Waals surface area contributed by atoms with Gasteiger partial charge in [0.25, 0.3) is 0 Å². The largest absolute Gasteiger partial charge is 0.343 e. The van der Waals surface area contributed by atoms with Gasteiger partial charge in [-0.15, -0.1) is 11.3 Å². The van der Waals surface area contributed by atoms with Crippen molar-refractivity contribution in [1.29, 1.82) is 0 Å². The third-order valence-corrected chi connectivity index (χ3v) is 7.26. The molecule has 0 aliphatic heterocycles. The highest BCUT2D eigenvalue weighted by Gasteiger charge is 2.22. The van der Waals surface area contributed by atoms with Gasteiger partial charge in [0.15, 0.2) is 5.13 Å².